The van der Waals surface area contributed by atoms with Crippen LogP contribution in [-0.2, 0) is 0 Å². The molecule has 3 rings (SSSR count). The second-order valence-electron chi connectivity index (χ2n) is 3.98. The molecule has 1 heterocycles. The predicted molar refractivity (Wildman–Crippen MR) is 71.8 cm³/mol. The Kier molecular flexibility index (Phi) is 3.01. The summed E-state index contributed by atoms with van der Waals surface area (Å²) in [5, 5.41) is 8.29. The van der Waals surface area contributed by atoms with Crippen molar-refractivity contribution in [3.63, 3.8) is 0 Å². The molecule has 0 amide bonds. The monoisotopic (exact) mass is 273 g/mol. The highest BCUT2D eigenvalue weighted by Crippen LogP contribution is 2.26. The molecule has 0 N–H and O–H groups in total. The molecule has 0 atom stereocenters. The normalized spacial score (nSPS) is 10.6. The molecule has 0 fully saturated rings. The maximum atomic E-state index is 13.9. The maximum absolute atomic E-state index is 13.9. The molecular weight excluding hydrogens is 265 g/mol. The second-order valence-corrected chi connectivity index (χ2v) is 4.42. The zero-order chi connectivity index (χ0) is 13.2. The van der Waals surface area contributed by atoms with Gasteiger partial charge in [0.2, 0.25) is 0 Å². The Balaban J connectivity index is 2.18. The van der Waals surface area contributed by atoms with Crippen LogP contribution in [0.2, 0.25) is 5.02 Å². The van der Waals surface area contributed by atoms with Crippen molar-refractivity contribution in [3.8, 4) is 17.1 Å². The van der Waals surface area contributed by atoms with Crippen LogP contribution in [0.25, 0.3) is 17.1 Å². The van der Waals surface area contributed by atoms with Gasteiger partial charge >= 0.3 is 0 Å². The van der Waals surface area contributed by atoms with E-state index in [-0.39, 0.29) is 5.82 Å². The van der Waals surface area contributed by atoms with E-state index in [0.29, 0.717) is 16.4 Å². The second kappa shape index (κ2) is 4.82. The molecule has 0 radical (unpaired) electrons. The van der Waals surface area contributed by atoms with E-state index in [2.05, 4.69) is 10.2 Å². The van der Waals surface area contributed by atoms with Gasteiger partial charge < -0.3 is 0 Å². The van der Waals surface area contributed by atoms with Crippen molar-refractivity contribution in [2.75, 3.05) is 0 Å². The lowest BCUT2D eigenvalue weighted by Gasteiger charge is -2.07. The summed E-state index contributed by atoms with van der Waals surface area (Å²) in [6.45, 7) is 0. The molecule has 19 heavy (non-hydrogen) atoms. The van der Waals surface area contributed by atoms with Gasteiger partial charge in [-0.05, 0) is 30.3 Å². The molecule has 5 heteroatoms. The Bertz CT molecular complexity index is 710. The minimum atomic E-state index is -0.380. The fourth-order valence-electron chi connectivity index (χ4n) is 1.87. The van der Waals surface area contributed by atoms with Crippen LogP contribution >= 0.6 is 11.6 Å². The summed E-state index contributed by atoms with van der Waals surface area (Å²) in [5.41, 5.74) is 1.19. The van der Waals surface area contributed by atoms with Gasteiger partial charge in [0.05, 0.1) is 5.56 Å². The molecule has 0 saturated heterocycles. The number of hydrogen-bond acceptors (Lipinski definition) is 2. The average molecular weight is 274 g/mol. The highest BCUT2D eigenvalue weighted by molar-refractivity contribution is 6.30. The summed E-state index contributed by atoms with van der Waals surface area (Å²) >= 11 is 5.91. The molecule has 1 aromatic heterocycles. The Hall–Kier alpha value is -2.20. The highest BCUT2D eigenvalue weighted by Gasteiger charge is 2.13. The lowest BCUT2D eigenvalue weighted by molar-refractivity contribution is 0.629. The zero-order valence-corrected chi connectivity index (χ0v) is 10.5. The van der Waals surface area contributed by atoms with Crippen LogP contribution in [-0.4, -0.2) is 14.8 Å². The lowest BCUT2D eigenvalue weighted by atomic mass is 10.2. The van der Waals surface area contributed by atoms with Crippen molar-refractivity contribution in [3.05, 3.63) is 65.7 Å². The first-order valence-corrected chi connectivity index (χ1v) is 6.04. The van der Waals surface area contributed by atoms with E-state index < -0.39 is 0 Å². The van der Waals surface area contributed by atoms with Crippen molar-refractivity contribution in [1.29, 1.82) is 0 Å². The predicted octanol–water partition coefficient (Wildman–Crippen LogP) is 3.73. The van der Waals surface area contributed by atoms with Gasteiger partial charge in [-0.1, -0.05) is 29.8 Å². The van der Waals surface area contributed by atoms with E-state index in [1.165, 1.54) is 12.1 Å². The number of benzene rings is 2. The van der Waals surface area contributed by atoms with Crippen LogP contribution in [0.15, 0.2) is 54.9 Å². The van der Waals surface area contributed by atoms with E-state index in [0.717, 1.165) is 5.69 Å². The minimum absolute atomic E-state index is 0.328. The number of nitrogens with zero attached hydrogens (tertiary/aromatic N) is 3. The van der Waals surface area contributed by atoms with Crippen molar-refractivity contribution in [1.82, 2.24) is 14.8 Å². The van der Waals surface area contributed by atoms with Gasteiger partial charge in [0, 0.05) is 10.7 Å². The van der Waals surface area contributed by atoms with Crippen molar-refractivity contribution >= 4 is 11.6 Å². The van der Waals surface area contributed by atoms with Crippen LogP contribution in [0.3, 0.4) is 0 Å². The highest BCUT2D eigenvalue weighted by atomic mass is 35.5. The molecule has 0 bridgehead atoms. The molecule has 0 unspecified atom stereocenters. The number of rotatable bonds is 2. The molecule has 0 aliphatic rings. The van der Waals surface area contributed by atoms with Crippen LogP contribution in [0, 0.1) is 5.82 Å². The third-order valence-electron chi connectivity index (χ3n) is 2.75. The lowest BCUT2D eigenvalue weighted by Crippen LogP contribution is -1.97. The molecule has 2 aromatic carbocycles. The van der Waals surface area contributed by atoms with Crippen LogP contribution in [0.1, 0.15) is 0 Å². The number of hydrogen-bond donors (Lipinski definition) is 0. The third kappa shape index (κ3) is 2.22. The fourth-order valence-corrected chi connectivity index (χ4v) is 2.04. The van der Waals surface area contributed by atoms with E-state index in [1.54, 1.807) is 17.0 Å². The summed E-state index contributed by atoms with van der Waals surface area (Å²) in [6.07, 6.45) is 1.55. The molecular formula is C14H9ClFN3. The van der Waals surface area contributed by atoms with E-state index in [1.807, 2.05) is 30.3 Å². The van der Waals surface area contributed by atoms with Crippen LogP contribution in [0.4, 0.5) is 4.39 Å². The van der Waals surface area contributed by atoms with Gasteiger partial charge in [0.1, 0.15) is 12.1 Å². The molecule has 94 valence electrons. The SMILES string of the molecule is Fc1ccc(Cl)cc1-c1nncn1-c1ccccc1. The Labute approximate surface area is 114 Å². The first-order valence-electron chi connectivity index (χ1n) is 5.66. The van der Waals surface area contributed by atoms with Crippen molar-refractivity contribution in [2.24, 2.45) is 0 Å². The summed E-state index contributed by atoms with van der Waals surface area (Å²) in [6, 6.07) is 13.9. The maximum Gasteiger partial charge on any atom is 0.171 e. The molecule has 0 aliphatic carbocycles. The Morgan fingerprint density at radius 2 is 1.84 bits per heavy atom. The number of aromatic nitrogens is 3. The van der Waals surface area contributed by atoms with E-state index in [9.17, 15) is 4.39 Å². The zero-order valence-electron chi connectivity index (χ0n) is 9.79. The van der Waals surface area contributed by atoms with Crippen molar-refractivity contribution < 1.29 is 4.39 Å². The third-order valence-corrected chi connectivity index (χ3v) is 2.99. The Morgan fingerprint density at radius 3 is 2.63 bits per heavy atom. The molecule has 0 spiro atoms. The van der Waals surface area contributed by atoms with Gasteiger partial charge in [-0.15, -0.1) is 10.2 Å². The fraction of sp³-hybridized carbons (Fsp3) is 0. The van der Waals surface area contributed by atoms with Gasteiger partial charge in [-0.3, -0.25) is 4.57 Å². The summed E-state index contributed by atoms with van der Waals surface area (Å²) in [4.78, 5) is 0. The molecule has 3 aromatic rings. The quantitative estimate of drug-likeness (QED) is 0.712. The molecule has 0 saturated carbocycles. The largest absolute Gasteiger partial charge is 0.282 e. The topological polar surface area (TPSA) is 30.7 Å². The standard InChI is InChI=1S/C14H9ClFN3/c15-10-6-7-13(16)12(8-10)14-18-17-9-19(14)11-4-2-1-3-5-11/h1-9H. The Morgan fingerprint density at radius 1 is 1.05 bits per heavy atom. The number of halogens is 2. The van der Waals surface area contributed by atoms with Crippen molar-refractivity contribution in [2.45, 2.75) is 0 Å². The van der Waals surface area contributed by atoms with Crippen LogP contribution in [0.5, 0.6) is 0 Å². The van der Waals surface area contributed by atoms with Gasteiger partial charge in [-0.2, -0.15) is 0 Å². The summed E-state index contributed by atoms with van der Waals surface area (Å²) in [5.74, 6) is 0.0424. The average Bonchev–Trinajstić information content (AvgIpc) is 2.91. The van der Waals surface area contributed by atoms with E-state index in [4.69, 9.17) is 11.6 Å². The first kappa shape index (κ1) is 11.9. The smallest absolute Gasteiger partial charge is 0.171 e. The molecule has 3 nitrogen and oxygen atoms in total. The summed E-state index contributed by atoms with van der Waals surface area (Å²) < 4.78 is 15.6. The summed E-state index contributed by atoms with van der Waals surface area (Å²) in [7, 11) is 0. The minimum Gasteiger partial charge on any atom is -0.282 e. The molecule has 0 aliphatic heterocycles. The van der Waals surface area contributed by atoms with Gasteiger partial charge in [-0.25, -0.2) is 4.39 Å². The van der Waals surface area contributed by atoms with Gasteiger partial charge in [0.25, 0.3) is 0 Å². The number of para-hydroxylation sites is 1. The van der Waals surface area contributed by atoms with Crippen LogP contribution < -0.4 is 0 Å². The first-order chi connectivity index (χ1) is 9.25. The van der Waals surface area contributed by atoms with E-state index >= 15 is 0 Å². The van der Waals surface area contributed by atoms with Gasteiger partial charge in [0.15, 0.2) is 5.82 Å².